The monoisotopic (exact) mass is 188 g/mol. The fraction of sp³-hybridized carbons (Fsp3) is 0.889. The van der Waals surface area contributed by atoms with Crippen LogP contribution in [0.2, 0.25) is 0 Å². The first-order chi connectivity index (χ1) is 6.06. The van der Waals surface area contributed by atoms with Crippen LogP contribution in [0, 0.1) is 0 Å². The van der Waals surface area contributed by atoms with Crippen LogP contribution < -0.4 is 0 Å². The molecule has 0 aromatic carbocycles. The van der Waals surface area contributed by atoms with Crippen molar-refractivity contribution in [2.45, 2.75) is 45.0 Å². The molecular formula is C9H16O4. The van der Waals surface area contributed by atoms with Gasteiger partial charge in [0, 0.05) is 6.42 Å². The zero-order valence-corrected chi connectivity index (χ0v) is 8.08. The van der Waals surface area contributed by atoms with Crippen molar-refractivity contribution in [1.29, 1.82) is 0 Å². The molecule has 4 nitrogen and oxygen atoms in total. The summed E-state index contributed by atoms with van der Waals surface area (Å²) in [5, 5.41) is 8.46. The number of carbonyl (C=O) groups is 1. The van der Waals surface area contributed by atoms with Gasteiger partial charge in [0.2, 0.25) is 0 Å². The normalized spacial score (nSPS) is 33.5. The molecule has 76 valence electrons. The molecule has 0 aromatic rings. The highest BCUT2D eigenvalue weighted by molar-refractivity contribution is 5.66. The van der Waals surface area contributed by atoms with E-state index in [9.17, 15) is 4.79 Å². The topological polar surface area (TPSA) is 55.8 Å². The van der Waals surface area contributed by atoms with Gasteiger partial charge in [-0.3, -0.25) is 4.79 Å². The Balaban J connectivity index is 2.29. The van der Waals surface area contributed by atoms with Crippen LogP contribution in [-0.4, -0.2) is 29.6 Å². The number of carboxylic acid groups (broad SMARTS) is 1. The maximum absolute atomic E-state index is 10.3. The number of rotatable bonds is 4. The van der Waals surface area contributed by atoms with E-state index in [0.29, 0.717) is 13.0 Å². The van der Waals surface area contributed by atoms with E-state index in [-0.39, 0.29) is 12.5 Å². The van der Waals surface area contributed by atoms with Crippen LogP contribution in [-0.2, 0) is 14.3 Å². The molecule has 0 bridgehead atoms. The first-order valence-electron chi connectivity index (χ1n) is 4.59. The van der Waals surface area contributed by atoms with E-state index in [1.54, 1.807) is 0 Å². The van der Waals surface area contributed by atoms with E-state index in [2.05, 4.69) is 0 Å². The summed E-state index contributed by atoms with van der Waals surface area (Å²) in [5.41, 5.74) is 0. The van der Waals surface area contributed by atoms with Crippen molar-refractivity contribution in [1.82, 2.24) is 0 Å². The Hall–Kier alpha value is -0.610. The van der Waals surface area contributed by atoms with Gasteiger partial charge < -0.3 is 14.6 Å². The zero-order chi connectivity index (χ0) is 9.90. The summed E-state index contributed by atoms with van der Waals surface area (Å²) in [6.45, 7) is 4.38. The lowest BCUT2D eigenvalue weighted by atomic mass is 10.2. The lowest BCUT2D eigenvalue weighted by molar-refractivity contribution is -0.157. The lowest BCUT2D eigenvalue weighted by Gasteiger charge is -2.20. The van der Waals surface area contributed by atoms with Crippen LogP contribution in [0.3, 0.4) is 0 Å². The van der Waals surface area contributed by atoms with Crippen LogP contribution in [0.1, 0.15) is 33.1 Å². The van der Waals surface area contributed by atoms with E-state index < -0.39 is 11.8 Å². The fourth-order valence-electron chi connectivity index (χ4n) is 1.30. The molecular weight excluding hydrogens is 172 g/mol. The molecule has 2 atom stereocenters. The van der Waals surface area contributed by atoms with Crippen molar-refractivity contribution in [3.8, 4) is 0 Å². The van der Waals surface area contributed by atoms with E-state index in [0.717, 1.165) is 6.42 Å². The Kier molecular flexibility index (Phi) is 3.27. The van der Waals surface area contributed by atoms with Crippen molar-refractivity contribution in [2.75, 3.05) is 6.61 Å². The van der Waals surface area contributed by atoms with Gasteiger partial charge in [-0.15, -0.1) is 0 Å². The molecule has 1 N–H and O–H groups in total. The van der Waals surface area contributed by atoms with Gasteiger partial charge in [-0.2, -0.15) is 0 Å². The second-order valence-electron chi connectivity index (χ2n) is 3.47. The molecule has 0 aliphatic carbocycles. The Bertz CT molecular complexity index is 192. The Morgan fingerprint density at radius 2 is 2.38 bits per heavy atom. The van der Waals surface area contributed by atoms with Gasteiger partial charge in [-0.1, -0.05) is 6.92 Å². The molecule has 13 heavy (non-hydrogen) atoms. The summed E-state index contributed by atoms with van der Waals surface area (Å²) in [6, 6.07) is 0. The van der Waals surface area contributed by atoms with Gasteiger partial charge in [0.1, 0.15) is 0 Å². The van der Waals surface area contributed by atoms with Gasteiger partial charge in [0.25, 0.3) is 0 Å². The van der Waals surface area contributed by atoms with Crippen LogP contribution in [0.4, 0.5) is 0 Å². The molecule has 0 spiro atoms. The third kappa shape index (κ3) is 2.97. The smallest absolute Gasteiger partial charge is 0.303 e. The standard InChI is InChI=1S/C9H16O4/c1-3-9(2)12-6-7(13-9)4-5-8(10)11/h7H,3-6H2,1-2H3,(H,10,11). The Labute approximate surface area is 77.8 Å². The highest BCUT2D eigenvalue weighted by atomic mass is 16.7. The maximum Gasteiger partial charge on any atom is 0.303 e. The highest BCUT2D eigenvalue weighted by Gasteiger charge is 2.35. The molecule has 2 unspecified atom stereocenters. The van der Waals surface area contributed by atoms with Crippen LogP contribution in [0.5, 0.6) is 0 Å². The summed E-state index contributed by atoms with van der Waals surface area (Å²) in [4.78, 5) is 10.3. The van der Waals surface area contributed by atoms with E-state index in [1.807, 2.05) is 13.8 Å². The van der Waals surface area contributed by atoms with E-state index in [1.165, 1.54) is 0 Å². The summed E-state index contributed by atoms with van der Waals surface area (Å²) in [6.07, 6.45) is 1.41. The minimum Gasteiger partial charge on any atom is -0.481 e. The van der Waals surface area contributed by atoms with Gasteiger partial charge in [-0.05, 0) is 19.8 Å². The van der Waals surface area contributed by atoms with Crippen molar-refractivity contribution in [2.24, 2.45) is 0 Å². The van der Waals surface area contributed by atoms with Crippen LogP contribution in [0.15, 0.2) is 0 Å². The summed E-state index contributed by atoms with van der Waals surface area (Å²) in [5.74, 6) is -1.28. The van der Waals surface area contributed by atoms with Crippen molar-refractivity contribution in [3.05, 3.63) is 0 Å². The quantitative estimate of drug-likeness (QED) is 0.724. The SMILES string of the molecule is CCC1(C)OCC(CCC(=O)O)O1. The van der Waals surface area contributed by atoms with Gasteiger partial charge in [0.05, 0.1) is 12.7 Å². The summed E-state index contributed by atoms with van der Waals surface area (Å²) < 4.78 is 11.0. The molecule has 4 heteroatoms. The second kappa shape index (κ2) is 4.07. The predicted molar refractivity (Wildman–Crippen MR) is 46.4 cm³/mol. The van der Waals surface area contributed by atoms with Crippen molar-refractivity contribution < 1.29 is 19.4 Å². The van der Waals surface area contributed by atoms with E-state index >= 15 is 0 Å². The number of hydrogen-bond donors (Lipinski definition) is 1. The van der Waals surface area contributed by atoms with Gasteiger partial charge in [0.15, 0.2) is 5.79 Å². The summed E-state index contributed by atoms with van der Waals surface area (Å²) >= 11 is 0. The van der Waals surface area contributed by atoms with Crippen LogP contribution in [0.25, 0.3) is 0 Å². The van der Waals surface area contributed by atoms with Crippen molar-refractivity contribution >= 4 is 5.97 Å². The molecule has 1 aliphatic rings. The Morgan fingerprint density at radius 3 is 2.85 bits per heavy atom. The number of hydrogen-bond acceptors (Lipinski definition) is 3. The van der Waals surface area contributed by atoms with E-state index in [4.69, 9.17) is 14.6 Å². The zero-order valence-electron chi connectivity index (χ0n) is 8.08. The molecule has 1 saturated heterocycles. The predicted octanol–water partition coefficient (Wildman–Crippen LogP) is 1.39. The molecule has 0 aromatic heterocycles. The third-order valence-electron chi connectivity index (χ3n) is 2.31. The largest absolute Gasteiger partial charge is 0.481 e. The molecule has 1 fully saturated rings. The first kappa shape index (κ1) is 10.5. The lowest BCUT2D eigenvalue weighted by Crippen LogP contribution is -2.25. The maximum atomic E-state index is 10.3. The molecule has 1 rings (SSSR count). The number of ether oxygens (including phenoxy) is 2. The number of aliphatic carboxylic acids is 1. The van der Waals surface area contributed by atoms with Gasteiger partial charge >= 0.3 is 5.97 Å². The third-order valence-corrected chi connectivity index (χ3v) is 2.31. The Morgan fingerprint density at radius 1 is 1.69 bits per heavy atom. The minimum absolute atomic E-state index is 0.0546. The van der Waals surface area contributed by atoms with Crippen molar-refractivity contribution in [3.63, 3.8) is 0 Å². The average Bonchev–Trinajstić information content (AvgIpc) is 2.45. The minimum atomic E-state index is -0.784. The second-order valence-corrected chi connectivity index (χ2v) is 3.47. The summed E-state index contributed by atoms with van der Waals surface area (Å²) in [7, 11) is 0. The first-order valence-corrected chi connectivity index (χ1v) is 4.59. The average molecular weight is 188 g/mol. The molecule has 0 amide bonds. The molecule has 1 aliphatic heterocycles. The molecule has 0 saturated carbocycles. The highest BCUT2D eigenvalue weighted by Crippen LogP contribution is 2.28. The molecule has 1 heterocycles. The fourth-order valence-corrected chi connectivity index (χ4v) is 1.30. The number of carboxylic acids is 1. The van der Waals surface area contributed by atoms with Crippen LogP contribution >= 0.6 is 0 Å². The van der Waals surface area contributed by atoms with Gasteiger partial charge in [-0.25, -0.2) is 0 Å². The molecule has 0 radical (unpaired) electrons.